The zero-order chi connectivity index (χ0) is 23.6. The Morgan fingerprint density at radius 2 is 2.00 bits per heavy atom. The van der Waals surface area contributed by atoms with Crippen LogP contribution in [0, 0.1) is 0 Å². The molecule has 0 saturated heterocycles. The van der Waals surface area contributed by atoms with Gasteiger partial charge in [-0.05, 0) is 71.9 Å². The van der Waals surface area contributed by atoms with E-state index in [0.717, 1.165) is 42.0 Å². The fourth-order valence-corrected chi connectivity index (χ4v) is 4.54. The highest BCUT2D eigenvalue weighted by molar-refractivity contribution is 5.94. The fourth-order valence-electron chi connectivity index (χ4n) is 4.54. The molecule has 32 heavy (non-hydrogen) atoms. The molecular formula is C23H34N6O3. The largest absolute Gasteiger partial charge is 0.465 e. The van der Waals surface area contributed by atoms with E-state index in [9.17, 15) is 14.7 Å². The minimum absolute atomic E-state index is 0.0526. The van der Waals surface area contributed by atoms with Crippen LogP contribution in [-0.2, 0) is 11.3 Å². The van der Waals surface area contributed by atoms with Gasteiger partial charge in [0.05, 0.1) is 12.2 Å². The van der Waals surface area contributed by atoms with Gasteiger partial charge >= 0.3 is 6.09 Å². The number of hydrogen-bond acceptors (Lipinski definition) is 5. The van der Waals surface area contributed by atoms with Crippen LogP contribution in [0.5, 0.6) is 0 Å². The van der Waals surface area contributed by atoms with Crippen LogP contribution in [-0.4, -0.2) is 74.6 Å². The van der Waals surface area contributed by atoms with E-state index in [4.69, 9.17) is 0 Å². The topological polar surface area (TPSA) is 94.8 Å². The zero-order valence-electron chi connectivity index (χ0n) is 19.8. The lowest BCUT2D eigenvalue weighted by molar-refractivity contribution is -0.117. The number of aromatic nitrogens is 3. The maximum Gasteiger partial charge on any atom is 0.408 e. The van der Waals surface area contributed by atoms with E-state index in [1.165, 1.54) is 4.90 Å². The van der Waals surface area contributed by atoms with Gasteiger partial charge in [-0.1, -0.05) is 11.3 Å². The Balaban J connectivity index is 2.00. The minimum atomic E-state index is -0.961. The molecule has 0 fully saturated rings. The molecule has 0 bridgehead atoms. The molecule has 0 aliphatic carbocycles. The number of fused-ring (bicyclic) bond motifs is 1. The van der Waals surface area contributed by atoms with Crippen LogP contribution in [0.15, 0.2) is 24.4 Å². The molecule has 1 N–H and O–H groups in total. The smallest absolute Gasteiger partial charge is 0.408 e. The highest BCUT2D eigenvalue weighted by atomic mass is 16.4. The molecule has 9 heteroatoms. The van der Waals surface area contributed by atoms with Crippen molar-refractivity contribution in [3.63, 3.8) is 0 Å². The Kier molecular flexibility index (Phi) is 7.18. The van der Waals surface area contributed by atoms with Crippen LogP contribution in [0.3, 0.4) is 0 Å². The van der Waals surface area contributed by atoms with Gasteiger partial charge in [0.1, 0.15) is 5.69 Å². The molecule has 3 rings (SSSR count). The Bertz CT molecular complexity index is 970. The van der Waals surface area contributed by atoms with E-state index >= 15 is 0 Å². The molecule has 1 aliphatic rings. The molecule has 0 radical (unpaired) electrons. The number of anilines is 1. The predicted octanol–water partition coefficient (Wildman–Crippen LogP) is 3.47. The molecule has 9 nitrogen and oxygen atoms in total. The lowest BCUT2D eigenvalue weighted by Crippen LogP contribution is -2.48. The Morgan fingerprint density at radius 3 is 2.59 bits per heavy atom. The first-order chi connectivity index (χ1) is 15.1. The van der Waals surface area contributed by atoms with Crippen molar-refractivity contribution in [3.8, 4) is 11.3 Å². The number of carbonyl (C=O) groups excluding carboxylic acids is 1. The average molecular weight is 443 g/mol. The fraction of sp³-hybridized carbons (Fsp3) is 0.565. The average Bonchev–Trinajstić information content (AvgIpc) is 3.15. The molecule has 1 aromatic heterocycles. The molecule has 0 saturated carbocycles. The highest BCUT2D eigenvalue weighted by Gasteiger charge is 2.38. The van der Waals surface area contributed by atoms with Crippen molar-refractivity contribution >= 4 is 17.7 Å². The van der Waals surface area contributed by atoms with E-state index in [0.29, 0.717) is 6.42 Å². The predicted molar refractivity (Wildman–Crippen MR) is 124 cm³/mol. The molecule has 2 heterocycles. The SMILES string of the molecule is CC(=O)N1c2ccc(-c3cn(CCCN(C)C)nn3)cc2[C@H](N(C(=O)O)C(C)C)C[C@@H]1C. The molecule has 2 atom stereocenters. The van der Waals surface area contributed by atoms with Crippen molar-refractivity contribution in [2.24, 2.45) is 0 Å². The summed E-state index contributed by atoms with van der Waals surface area (Å²) >= 11 is 0. The number of rotatable bonds is 7. The highest BCUT2D eigenvalue weighted by Crippen LogP contribution is 2.42. The number of benzene rings is 1. The van der Waals surface area contributed by atoms with Gasteiger partial charge in [-0.3, -0.25) is 14.4 Å². The maximum absolute atomic E-state index is 12.4. The van der Waals surface area contributed by atoms with Crippen molar-refractivity contribution in [2.75, 3.05) is 25.5 Å². The maximum atomic E-state index is 12.4. The van der Waals surface area contributed by atoms with E-state index in [1.54, 1.807) is 11.8 Å². The summed E-state index contributed by atoms with van der Waals surface area (Å²) in [5.41, 5.74) is 3.18. The van der Waals surface area contributed by atoms with Gasteiger partial charge in [0.2, 0.25) is 5.91 Å². The number of carbonyl (C=O) groups is 2. The molecule has 2 amide bonds. The number of hydrogen-bond donors (Lipinski definition) is 1. The summed E-state index contributed by atoms with van der Waals surface area (Å²) in [6.07, 6.45) is 2.46. The van der Waals surface area contributed by atoms with Gasteiger partial charge in [0.25, 0.3) is 0 Å². The zero-order valence-corrected chi connectivity index (χ0v) is 19.8. The molecule has 0 spiro atoms. The van der Waals surface area contributed by atoms with Crippen LogP contribution in [0.25, 0.3) is 11.3 Å². The second kappa shape index (κ2) is 9.68. The van der Waals surface area contributed by atoms with Gasteiger partial charge in [0, 0.05) is 36.8 Å². The van der Waals surface area contributed by atoms with E-state index < -0.39 is 6.09 Å². The summed E-state index contributed by atoms with van der Waals surface area (Å²) in [7, 11) is 4.08. The van der Waals surface area contributed by atoms with Gasteiger partial charge in [0.15, 0.2) is 0 Å². The van der Waals surface area contributed by atoms with Gasteiger partial charge in [-0.2, -0.15) is 0 Å². The summed E-state index contributed by atoms with van der Waals surface area (Å²) in [5, 5.41) is 18.5. The number of aryl methyl sites for hydroxylation is 1. The molecule has 0 unspecified atom stereocenters. The van der Waals surface area contributed by atoms with Crippen LogP contribution in [0.1, 0.15) is 52.1 Å². The number of amides is 2. The number of carboxylic acid groups (broad SMARTS) is 1. The lowest BCUT2D eigenvalue weighted by Gasteiger charge is -2.43. The van der Waals surface area contributed by atoms with Crippen LogP contribution < -0.4 is 4.90 Å². The van der Waals surface area contributed by atoms with Gasteiger partial charge in [-0.25, -0.2) is 4.79 Å². The Hall–Kier alpha value is -2.94. The van der Waals surface area contributed by atoms with Crippen molar-refractivity contribution < 1.29 is 14.7 Å². The third-order valence-corrected chi connectivity index (χ3v) is 5.93. The standard InChI is InChI=1S/C23H34N6O3/c1-15(2)28(23(31)32)22-12-16(3)29(17(4)30)21-9-8-18(13-19(21)22)20-14-27(25-24-20)11-7-10-26(5)6/h8-9,13-16,22H,7,10-12H2,1-6H3,(H,31,32)/t16-,22+/m0/s1. The van der Waals surface area contributed by atoms with Crippen molar-refractivity contribution in [2.45, 2.75) is 65.2 Å². The monoisotopic (exact) mass is 442 g/mol. The van der Waals surface area contributed by atoms with E-state index in [-0.39, 0.29) is 24.0 Å². The molecule has 174 valence electrons. The second-order valence-corrected chi connectivity index (χ2v) is 9.07. The van der Waals surface area contributed by atoms with E-state index in [2.05, 4.69) is 15.2 Å². The van der Waals surface area contributed by atoms with Crippen molar-refractivity contribution in [1.82, 2.24) is 24.8 Å². The summed E-state index contributed by atoms with van der Waals surface area (Å²) in [6, 6.07) is 5.16. The summed E-state index contributed by atoms with van der Waals surface area (Å²) in [4.78, 5) is 29.9. The third-order valence-electron chi connectivity index (χ3n) is 5.93. The number of nitrogens with zero attached hydrogens (tertiary/aromatic N) is 6. The first kappa shape index (κ1) is 23.7. The Labute approximate surface area is 189 Å². The van der Waals surface area contributed by atoms with Crippen LogP contribution >= 0.6 is 0 Å². The van der Waals surface area contributed by atoms with Crippen LogP contribution in [0.4, 0.5) is 10.5 Å². The van der Waals surface area contributed by atoms with E-state index in [1.807, 2.05) is 63.9 Å². The minimum Gasteiger partial charge on any atom is -0.465 e. The van der Waals surface area contributed by atoms with Crippen LogP contribution in [0.2, 0.25) is 0 Å². The van der Waals surface area contributed by atoms with Gasteiger partial charge < -0.3 is 14.9 Å². The lowest BCUT2D eigenvalue weighted by atomic mass is 9.88. The summed E-state index contributed by atoms with van der Waals surface area (Å²) in [5.74, 6) is -0.0526. The molecule has 1 aromatic carbocycles. The van der Waals surface area contributed by atoms with Gasteiger partial charge in [-0.15, -0.1) is 5.10 Å². The first-order valence-corrected chi connectivity index (χ1v) is 11.1. The quantitative estimate of drug-likeness (QED) is 0.706. The van der Waals surface area contributed by atoms with Crippen molar-refractivity contribution in [3.05, 3.63) is 30.0 Å². The third kappa shape index (κ3) is 4.93. The second-order valence-electron chi connectivity index (χ2n) is 9.07. The molecule has 1 aliphatic heterocycles. The summed E-state index contributed by atoms with van der Waals surface area (Å²) < 4.78 is 1.83. The summed E-state index contributed by atoms with van der Waals surface area (Å²) in [6.45, 7) is 9.00. The molecule has 2 aromatic rings. The van der Waals surface area contributed by atoms with Crippen molar-refractivity contribution in [1.29, 1.82) is 0 Å². The first-order valence-electron chi connectivity index (χ1n) is 11.1. The Morgan fingerprint density at radius 1 is 1.28 bits per heavy atom. The normalized spacial score (nSPS) is 18.2. The molecular weight excluding hydrogens is 408 g/mol.